The Morgan fingerprint density at radius 2 is 1.91 bits per heavy atom. The van der Waals surface area contributed by atoms with Crippen molar-refractivity contribution in [3.8, 4) is 5.82 Å². The van der Waals surface area contributed by atoms with Crippen LogP contribution < -0.4 is 4.90 Å². The molecule has 2 aliphatic heterocycles. The summed E-state index contributed by atoms with van der Waals surface area (Å²) < 4.78 is 1.71. The minimum Gasteiger partial charge on any atom is -0.355 e. The molecule has 4 heterocycles. The van der Waals surface area contributed by atoms with Crippen molar-refractivity contribution in [1.82, 2.24) is 24.6 Å². The van der Waals surface area contributed by atoms with Crippen LogP contribution in [-0.4, -0.2) is 56.2 Å². The number of nitrogens with zero attached hydrogens (tertiary/aromatic N) is 6. The summed E-state index contributed by atoms with van der Waals surface area (Å²) in [5.74, 6) is 1.93. The molecule has 4 rings (SSSR count). The molecule has 2 aromatic rings. The predicted octanol–water partition coefficient (Wildman–Crippen LogP) is 1.25. The van der Waals surface area contributed by atoms with Gasteiger partial charge in [-0.2, -0.15) is 5.10 Å². The van der Waals surface area contributed by atoms with E-state index in [0.717, 1.165) is 57.0 Å². The van der Waals surface area contributed by atoms with Gasteiger partial charge in [0.15, 0.2) is 5.82 Å². The molecule has 120 valence electrons. The highest BCUT2D eigenvalue weighted by Gasteiger charge is 2.31. The lowest BCUT2D eigenvalue weighted by atomic mass is 10.0. The molecule has 23 heavy (non-hydrogen) atoms. The molecule has 0 atom stereocenters. The van der Waals surface area contributed by atoms with E-state index in [1.807, 2.05) is 12.3 Å². The fraction of sp³-hybridized carbons (Fsp3) is 0.500. The van der Waals surface area contributed by atoms with Crippen LogP contribution in [0.15, 0.2) is 30.9 Å². The molecule has 2 aromatic heterocycles. The molecular weight excluding hydrogens is 292 g/mol. The van der Waals surface area contributed by atoms with Crippen LogP contribution in [0, 0.1) is 0 Å². The zero-order valence-electron chi connectivity index (χ0n) is 13.0. The van der Waals surface area contributed by atoms with Gasteiger partial charge in [-0.15, -0.1) is 0 Å². The molecule has 2 aliphatic rings. The summed E-state index contributed by atoms with van der Waals surface area (Å²) in [5, 5.41) is 4.20. The topological polar surface area (TPSA) is 67.2 Å². The zero-order chi connectivity index (χ0) is 15.6. The van der Waals surface area contributed by atoms with Gasteiger partial charge in [0.25, 0.3) is 0 Å². The Morgan fingerprint density at radius 3 is 2.61 bits per heavy atom. The number of amides is 1. The monoisotopic (exact) mass is 312 g/mol. The van der Waals surface area contributed by atoms with Crippen molar-refractivity contribution in [1.29, 1.82) is 0 Å². The van der Waals surface area contributed by atoms with Gasteiger partial charge in [-0.25, -0.2) is 9.67 Å². The summed E-state index contributed by atoms with van der Waals surface area (Å²) in [6, 6.07) is 2.26. The quantitative estimate of drug-likeness (QED) is 0.853. The summed E-state index contributed by atoms with van der Waals surface area (Å²) in [7, 11) is 0. The van der Waals surface area contributed by atoms with Gasteiger partial charge in [-0.1, -0.05) is 0 Å². The number of likely N-dealkylation sites (tertiary alicyclic amines) is 1. The second kappa shape index (κ2) is 5.98. The maximum atomic E-state index is 11.9. The van der Waals surface area contributed by atoms with E-state index in [0.29, 0.717) is 11.9 Å². The highest BCUT2D eigenvalue weighted by Crippen LogP contribution is 2.24. The van der Waals surface area contributed by atoms with Gasteiger partial charge in [-0.05, 0) is 25.3 Å². The van der Waals surface area contributed by atoms with E-state index >= 15 is 0 Å². The average Bonchev–Trinajstić information content (AvgIpc) is 3.27. The summed E-state index contributed by atoms with van der Waals surface area (Å²) in [5.41, 5.74) is 0. The summed E-state index contributed by atoms with van der Waals surface area (Å²) in [6.07, 6.45) is 10.8. The molecule has 7 heteroatoms. The molecule has 0 aromatic carbocycles. The number of aromatic nitrogens is 4. The van der Waals surface area contributed by atoms with E-state index in [2.05, 4.69) is 24.9 Å². The van der Waals surface area contributed by atoms with Crippen molar-refractivity contribution < 1.29 is 4.79 Å². The van der Waals surface area contributed by atoms with E-state index in [9.17, 15) is 4.79 Å². The molecule has 0 aliphatic carbocycles. The van der Waals surface area contributed by atoms with E-state index in [4.69, 9.17) is 0 Å². The number of carbonyl (C=O) groups is 1. The molecule has 2 saturated heterocycles. The molecular formula is C16H20N6O. The van der Waals surface area contributed by atoms with Gasteiger partial charge < -0.3 is 9.80 Å². The van der Waals surface area contributed by atoms with Crippen LogP contribution in [0.2, 0.25) is 0 Å². The first kappa shape index (κ1) is 14.2. The second-order valence-corrected chi connectivity index (χ2v) is 6.10. The molecule has 0 N–H and O–H groups in total. The number of piperidine rings is 1. The molecule has 0 spiro atoms. The van der Waals surface area contributed by atoms with Crippen molar-refractivity contribution >= 4 is 11.7 Å². The lowest BCUT2D eigenvalue weighted by molar-refractivity contribution is -0.130. The van der Waals surface area contributed by atoms with Crippen LogP contribution in [-0.2, 0) is 4.79 Å². The van der Waals surface area contributed by atoms with Gasteiger partial charge in [-0.3, -0.25) is 9.78 Å². The standard InChI is InChI=1S/C16H20N6O/c23-16-3-1-7-21(16)13-4-9-20(10-5-13)14-11-17-12-15(19-14)22-8-2-6-18-22/h2,6,8,11-13H,1,3-5,7,9-10H2. The van der Waals surface area contributed by atoms with Gasteiger partial charge in [0.1, 0.15) is 5.82 Å². The Morgan fingerprint density at radius 1 is 1.09 bits per heavy atom. The van der Waals surface area contributed by atoms with Crippen molar-refractivity contribution in [2.75, 3.05) is 24.5 Å². The minimum atomic E-state index is 0.323. The van der Waals surface area contributed by atoms with E-state index < -0.39 is 0 Å². The zero-order valence-corrected chi connectivity index (χ0v) is 13.0. The third-order valence-electron chi connectivity index (χ3n) is 4.69. The predicted molar refractivity (Wildman–Crippen MR) is 85.3 cm³/mol. The lowest BCUT2D eigenvalue weighted by Crippen LogP contribution is -2.45. The highest BCUT2D eigenvalue weighted by atomic mass is 16.2. The van der Waals surface area contributed by atoms with E-state index in [1.54, 1.807) is 23.3 Å². The van der Waals surface area contributed by atoms with Gasteiger partial charge in [0, 0.05) is 44.5 Å². The van der Waals surface area contributed by atoms with Crippen LogP contribution in [0.3, 0.4) is 0 Å². The number of hydrogen-bond donors (Lipinski definition) is 0. The maximum absolute atomic E-state index is 11.9. The third kappa shape index (κ3) is 2.78. The molecule has 7 nitrogen and oxygen atoms in total. The average molecular weight is 312 g/mol. The van der Waals surface area contributed by atoms with Crippen LogP contribution in [0.1, 0.15) is 25.7 Å². The Hall–Kier alpha value is -2.44. The Balaban J connectivity index is 1.44. The number of rotatable bonds is 3. The molecule has 1 amide bonds. The summed E-state index contributed by atoms with van der Waals surface area (Å²) in [4.78, 5) is 25.2. The minimum absolute atomic E-state index is 0.323. The fourth-order valence-electron chi connectivity index (χ4n) is 3.47. The smallest absolute Gasteiger partial charge is 0.222 e. The fourth-order valence-corrected chi connectivity index (χ4v) is 3.47. The number of anilines is 1. The number of hydrogen-bond acceptors (Lipinski definition) is 5. The van der Waals surface area contributed by atoms with Crippen molar-refractivity contribution in [2.24, 2.45) is 0 Å². The van der Waals surface area contributed by atoms with E-state index in [-0.39, 0.29) is 0 Å². The molecule has 0 saturated carbocycles. The first-order valence-corrected chi connectivity index (χ1v) is 8.18. The van der Waals surface area contributed by atoms with E-state index in [1.165, 1.54) is 0 Å². The van der Waals surface area contributed by atoms with Crippen LogP contribution in [0.4, 0.5) is 5.82 Å². The Labute approximate surface area is 134 Å². The van der Waals surface area contributed by atoms with Gasteiger partial charge in [0.2, 0.25) is 5.91 Å². The van der Waals surface area contributed by atoms with Crippen molar-refractivity contribution in [3.05, 3.63) is 30.9 Å². The van der Waals surface area contributed by atoms with Crippen LogP contribution >= 0.6 is 0 Å². The number of carbonyl (C=O) groups excluding carboxylic acids is 1. The SMILES string of the molecule is O=C1CCCN1C1CCN(c2cncc(-n3cccn3)n2)CC1. The molecule has 0 bridgehead atoms. The molecule has 2 fully saturated rings. The lowest BCUT2D eigenvalue weighted by Gasteiger charge is -2.37. The first-order chi connectivity index (χ1) is 11.3. The van der Waals surface area contributed by atoms with Crippen molar-refractivity contribution in [3.63, 3.8) is 0 Å². The summed E-state index contributed by atoms with van der Waals surface area (Å²) >= 11 is 0. The van der Waals surface area contributed by atoms with Crippen molar-refractivity contribution in [2.45, 2.75) is 31.7 Å². The van der Waals surface area contributed by atoms with Gasteiger partial charge >= 0.3 is 0 Å². The molecule has 0 unspecified atom stereocenters. The van der Waals surface area contributed by atoms with Crippen LogP contribution in [0.25, 0.3) is 5.82 Å². The Bertz CT molecular complexity index is 678. The largest absolute Gasteiger partial charge is 0.355 e. The van der Waals surface area contributed by atoms with Gasteiger partial charge in [0.05, 0.1) is 12.4 Å². The first-order valence-electron chi connectivity index (χ1n) is 8.18. The highest BCUT2D eigenvalue weighted by molar-refractivity contribution is 5.78. The third-order valence-corrected chi connectivity index (χ3v) is 4.69. The Kier molecular flexibility index (Phi) is 3.69. The molecule has 0 radical (unpaired) electrons. The van der Waals surface area contributed by atoms with Crippen LogP contribution in [0.5, 0.6) is 0 Å². The summed E-state index contributed by atoms with van der Waals surface area (Å²) in [6.45, 7) is 2.75. The maximum Gasteiger partial charge on any atom is 0.222 e. The normalized spacial score (nSPS) is 19.6. The second-order valence-electron chi connectivity index (χ2n) is 6.10.